The van der Waals surface area contributed by atoms with Gasteiger partial charge < -0.3 is 25.2 Å². The van der Waals surface area contributed by atoms with E-state index in [0.717, 1.165) is 5.75 Å². The molecule has 0 aromatic heterocycles. The zero-order valence-corrected chi connectivity index (χ0v) is 16.6. The number of carbonyl (C=O) groups is 1. The summed E-state index contributed by atoms with van der Waals surface area (Å²) in [6.07, 6.45) is 8.19. The second-order valence-corrected chi connectivity index (χ2v) is 7.51. The fourth-order valence-corrected chi connectivity index (χ4v) is 3.62. The Balaban J connectivity index is 1.77. The molecule has 5 atom stereocenters. The number of aliphatic carboxylic acids is 1. The van der Waals surface area contributed by atoms with Gasteiger partial charge in [0.05, 0.1) is 24.9 Å². The lowest BCUT2D eigenvalue weighted by atomic mass is 9.89. The topological polar surface area (TPSA) is 107 Å². The van der Waals surface area contributed by atoms with Gasteiger partial charge in [-0.15, -0.1) is 0 Å². The van der Waals surface area contributed by atoms with E-state index in [2.05, 4.69) is 0 Å². The maximum Gasteiger partial charge on any atom is 0.303 e. The zero-order chi connectivity index (χ0) is 21.1. The summed E-state index contributed by atoms with van der Waals surface area (Å²) in [7, 11) is 0. The predicted molar refractivity (Wildman–Crippen MR) is 111 cm³/mol. The van der Waals surface area contributed by atoms with Crippen LogP contribution in [0.4, 0.5) is 0 Å². The smallest absolute Gasteiger partial charge is 0.303 e. The standard InChI is InChI=1S/C23H32O6/c24-17(14-15-29-18-8-4-3-5-9-18)12-13-20-19(21(25)16-22(20)26)10-6-1-2-7-11-23(27)28/h1,3-6,8-9,12-13,17,19-22,24-26H,2,7,10-11,14-16H2,(H,27,28)/t17-,19-,20-,21+,22-/m1/s1. The summed E-state index contributed by atoms with van der Waals surface area (Å²) in [5.41, 5.74) is 0. The lowest BCUT2D eigenvalue weighted by Crippen LogP contribution is -2.20. The third-order valence-electron chi connectivity index (χ3n) is 5.23. The second kappa shape index (κ2) is 12.4. The Labute approximate surface area is 172 Å². The highest BCUT2D eigenvalue weighted by molar-refractivity contribution is 5.66. The number of unbranched alkanes of at least 4 members (excludes halogenated alkanes) is 1. The minimum absolute atomic E-state index is 0.121. The maximum atomic E-state index is 10.5. The third kappa shape index (κ3) is 8.40. The number of hydrogen-bond donors (Lipinski definition) is 4. The molecular formula is C23H32O6. The fourth-order valence-electron chi connectivity index (χ4n) is 3.62. The van der Waals surface area contributed by atoms with Crippen molar-refractivity contribution in [2.75, 3.05) is 6.61 Å². The molecule has 0 bridgehead atoms. The molecule has 0 saturated heterocycles. The quantitative estimate of drug-likeness (QED) is 0.315. The van der Waals surface area contributed by atoms with Gasteiger partial charge in [-0.2, -0.15) is 0 Å². The first-order valence-corrected chi connectivity index (χ1v) is 10.2. The molecule has 1 aromatic carbocycles. The number of allylic oxidation sites excluding steroid dienone is 2. The van der Waals surface area contributed by atoms with Gasteiger partial charge in [-0.05, 0) is 37.3 Å². The molecule has 0 spiro atoms. The van der Waals surface area contributed by atoms with Gasteiger partial charge in [0.25, 0.3) is 0 Å². The molecule has 0 radical (unpaired) electrons. The van der Waals surface area contributed by atoms with E-state index in [1.165, 1.54) is 0 Å². The lowest BCUT2D eigenvalue weighted by Gasteiger charge is -2.19. The number of rotatable bonds is 12. The summed E-state index contributed by atoms with van der Waals surface area (Å²) < 4.78 is 5.58. The molecule has 1 aliphatic carbocycles. The van der Waals surface area contributed by atoms with Gasteiger partial charge in [-0.3, -0.25) is 4.79 Å². The van der Waals surface area contributed by atoms with Gasteiger partial charge in [0.2, 0.25) is 0 Å². The highest BCUT2D eigenvalue weighted by Gasteiger charge is 2.39. The number of hydrogen-bond acceptors (Lipinski definition) is 5. The monoisotopic (exact) mass is 404 g/mol. The van der Waals surface area contributed by atoms with Gasteiger partial charge in [0.1, 0.15) is 5.75 Å². The van der Waals surface area contributed by atoms with Crippen molar-refractivity contribution in [1.82, 2.24) is 0 Å². The Morgan fingerprint density at radius 1 is 1.17 bits per heavy atom. The van der Waals surface area contributed by atoms with Crippen LogP contribution in [0.15, 0.2) is 54.6 Å². The summed E-state index contributed by atoms with van der Waals surface area (Å²) >= 11 is 0. The van der Waals surface area contributed by atoms with Crippen molar-refractivity contribution >= 4 is 5.97 Å². The average Bonchev–Trinajstić information content (AvgIpc) is 2.96. The van der Waals surface area contributed by atoms with Crippen LogP contribution in [0.25, 0.3) is 0 Å². The zero-order valence-electron chi connectivity index (χ0n) is 16.6. The number of para-hydroxylation sites is 1. The van der Waals surface area contributed by atoms with Crippen molar-refractivity contribution in [2.24, 2.45) is 11.8 Å². The van der Waals surface area contributed by atoms with Gasteiger partial charge in [0, 0.05) is 25.2 Å². The molecule has 29 heavy (non-hydrogen) atoms. The first kappa shape index (κ1) is 23.1. The van der Waals surface area contributed by atoms with Gasteiger partial charge in [0.15, 0.2) is 0 Å². The van der Waals surface area contributed by atoms with E-state index in [1.807, 2.05) is 42.5 Å². The van der Waals surface area contributed by atoms with Crippen LogP contribution >= 0.6 is 0 Å². The largest absolute Gasteiger partial charge is 0.493 e. The predicted octanol–water partition coefficient (Wildman–Crippen LogP) is 2.93. The highest BCUT2D eigenvalue weighted by Crippen LogP contribution is 2.36. The second-order valence-electron chi connectivity index (χ2n) is 7.51. The van der Waals surface area contributed by atoms with E-state index in [-0.39, 0.29) is 18.3 Å². The summed E-state index contributed by atoms with van der Waals surface area (Å²) in [6.45, 7) is 0.383. The molecule has 1 saturated carbocycles. The SMILES string of the molecule is O=C(O)CCCC=CC[C@@H]1[C@@H](C=C[C@@H](O)CCOc2ccccc2)[C@H](O)C[C@@H]1O. The number of aliphatic hydroxyl groups is 3. The minimum atomic E-state index is -0.800. The van der Waals surface area contributed by atoms with Gasteiger partial charge in [-0.25, -0.2) is 0 Å². The molecule has 160 valence electrons. The molecule has 6 heteroatoms. The summed E-state index contributed by atoms with van der Waals surface area (Å²) in [5.74, 6) is -0.387. The Hall–Kier alpha value is -2.15. The van der Waals surface area contributed by atoms with E-state index in [4.69, 9.17) is 9.84 Å². The Morgan fingerprint density at radius 2 is 1.93 bits per heavy atom. The molecule has 1 aromatic rings. The summed E-state index contributed by atoms with van der Waals surface area (Å²) in [5, 5.41) is 39.3. The van der Waals surface area contributed by atoms with E-state index in [9.17, 15) is 20.1 Å². The Bertz CT molecular complexity index is 657. The van der Waals surface area contributed by atoms with Crippen LogP contribution in [-0.4, -0.2) is 51.3 Å². The van der Waals surface area contributed by atoms with E-state index in [0.29, 0.717) is 38.7 Å². The van der Waals surface area contributed by atoms with Gasteiger partial charge in [-0.1, -0.05) is 42.5 Å². The third-order valence-corrected chi connectivity index (χ3v) is 5.23. The number of benzene rings is 1. The number of aliphatic hydroxyl groups excluding tert-OH is 3. The normalized spacial score (nSPS) is 25.6. The summed E-state index contributed by atoms with van der Waals surface area (Å²) in [4.78, 5) is 10.5. The van der Waals surface area contributed by atoms with Crippen LogP contribution in [0.3, 0.4) is 0 Å². The van der Waals surface area contributed by atoms with Crippen LogP contribution in [0, 0.1) is 11.8 Å². The number of ether oxygens (including phenoxy) is 1. The number of carboxylic acids is 1. The molecule has 6 nitrogen and oxygen atoms in total. The molecule has 0 amide bonds. The van der Waals surface area contributed by atoms with Crippen molar-refractivity contribution in [2.45, 2.75) is 56.8 Å². The van der Waals surface area contributed by atoms with E-state index >= 15 is 0 Å². The van der Waals surface area contributed by atoms with Crippen LogP contribution in [0.5, 0.6) is 5.75 Å². The first-order valence-electron chi connectivity index (χ1n) is 10.2. The van der Waals surface area contributed by atoms with Crippen LogP contribution < -0.4 is 4.74 Å². The molecule has 0 heterocycles. The first-order chi connectivity index (χ1) is 14.0. The molecule has 0 aliphatic heterocycles. The van der Waals surface area contributed by atoms with Crippen molar-refractivity contribution in [3.05, 3.63) is 54.6 Å². The van der Waals surface area contributed by atoms with Crippen molar-refractivity contribution in [3.8, 4) is 5.75 Å². The number of carboxylic acid groups (broad SMARTS) is 1. The van der Waals surface area contributed by atoms with Crippen molar-refractivity contribution < 1.29 is 30.0 Å². The molecule has 0 unspecified atom stereocenters. The highest BCUT2D eigenvalue weighted by atomic mass is 16.5. The molecular weight excluding hydrogens is 372 g/mol. The Morgan fingerprint density at radius 3 is 2.66 bits per heavy atom. The summed E-state index contributed by atoms with van der Waals surface area (Å²) in [6, 6.07) is 9.41. The molecule has 4 N–H and O–H groups in total. The fraction of sp³-hybridized carbons (Fsp3) is 0.522. The molecule has 1 fully saturated rings. The van der Waals surface area contributed by atoms with Crippen molar-refractivity contribution in [3.63, 3.8) is 0 Å². The van der Waals surface area contributed by atoms with Crippen LogP contribution in [0.1, 0.15) is 38.5 Å². The van der Waals surface area contributed by atoms with Crippen LogP contribution in [-0.2, 0) is 4.79 Å². The molecule has 1 aliphatic rings. The van der Waals surface area contributed by atoms with Crippen LogP contribution in [0.2, 0.25) is 0 Å². The average molecular weight is 405 g/mol. The Kier molecular flexibility index (Phi) is 9.91. The van der Waals surface area contributed by atoms with Gasteiger partial charge >= 0.3 is 5.97 Å². The van der Waals surface area contributed by atoms with E-state index < -0.39 is 24.3 Å². The van der Waals surface area contributed by atoms with Crippen molar-refractivity contribution in [1.29, 1.82) is 0 Å². The lowest BCUT2D eigenvalue weighted by molar-refractivity contribution is -0.137. The maximum absolute atomic E-state index is 10.5. The van der Waals surface area contributed by atoms with E-state index in [1.54, 1.807) is 12.2 Å². The minimum Gasteiger partial charge on any atom is -0.493 e. The molecule has 2 rings (SSSR count).